The highest BCUT2D eigenvalue weighted by atomic mass is 16.5. The Morgan fingerprint density at radius 3 is 2.57 bits per heavy atom. The predicted octanol–water partition coefficient (Wildman–Crippen LogP) is 2.41. The number of benzene rings is 1. The Morgan fingerprint density at radius 1 is 1.21 bits per heavy atom. The third-order valence-electron chi connectivity index (χ3n) is 4.20. The molecule has 6 nitrogen and oxygen atoms in total. The summed E-state index contributed by atoms with van der Waals surface area (Å²) in [6.45, 7) is 6.22. The molecule has 0 spiro atoms. The molecule has 0 aliphatic carbocycles. The summed E-state index contributed by atoms with van der Waals surface area (Å²) in [7, 11) is 3.62. The van der Waals surface area contributed by atoms with E-state index in [1.54, 1.807) is 19.4 Å². The number of methoxy groups -OCH3 is 1. The fourth-order valence-corrected chi connectivity index (χ4v) is 2.76. The third kappa shape index (κ3) is 7.01. The van der Waals surface area contributed by atoms with Crippen LogP contribution in [0.25, 0.3) is 0 Å². The second-order valence-corrected chi connectivity index (χ2v) is 6.92. The average Bonchev–Trinajstić information content (AvgIpc) is 2.67. The minimum atomic E-state index is -0.0125. The zero-order valence-corrected chi connectivity index (χ0v) is 17.2. The van der Waals surface area contributed by atoms with E-state index in [-0.39, 0.29) is 18.1 Å². The number of aromatic nitrogens is 2. The number of amides is 1. The quantitative estimate of drug-likeness (QED) is 0.747. The Bertz CT molecular complexity index is 840. The molecule has 1 aromatic heterocycles. The molecular weight excluding hydrogens is 352 g/mol. The van der Waals surface area contributed by atoms with E-state index in [4.69, 9.17) is 4.74 Å². The lowest BCUT2D eigenvalue weighted by Gasteiger charge is -2.20. The minimum Gasteiger partial charge on any atom is -0.380 e. The maximum Gasteiger partial charge on any atom is 0.226 e. The van der Waals surface area contributed by atoms with Gasteiger partial charge >= 0.3 is 0 Å². The fourth-order valence-electron chi connectivity index (χ4n) is 2.76. The number of nitrogens with one attached hydrogen (secondary N) is 1. The number of carbonyl (C=O) groups is 1. The van der Waals surface area contributed by atoms with Crippen molar-refractivity contribution >= 4 is 11.9 Å². The second-order valence-electron chi connectivity index (χ2n) is 6.92. The molecule has 2 unspecified atom stereocenters. The Morgan fingerprint density at radius 2 is 1.93 bits per heavy atom. The minimum absolute atomic E-state index is 0.0125. The van der Waals surface area contributed by atoms with Crippen molar-refractivity contribution in [1.29, 1.82) is 0 Å². The summed E-state index contributed by atoms with van der Waals surface area (Å²) >= 11 is 0. The second kappa shape index (κ2) is 10.4. The van der Waals surface area contributed by atoms with Crippen LogP contribution in [-0.4, -0.2) is 48.7 Å². The summed E-state index contributed by atoms with van der Waals surface area (Å²) in [4.78, 5) is 21.9. The lowest BCUT2D eigenvalue weighted by atomic mass is 10.1. The van der Waals surface area contributed by atoms with E-state index >= 15 is 0 Å². The highest BCUT2D eigenvalue weighted by molar-refractivity contribution is 5.73. The van der Waals surface area contributed by atoms with Crippen molar-refractivity contribution in [2.24, 2.45) is 0 Å². The van der Waals surface area contributed by atoms with Crippen molar-refractivity contribution in [2.45, 2.75) is 39.3 Å². The van der Waals surface area contributed by atoms with E-state index in [2.05, 4.69) is 27.1 Å². The molecule has 0 saturated carbocycles. The van der Waals surface area contributed by atoms with Crippen molar-refractivity contribution in [1.82, 2.24) is 15.3 Å². The molecular formula is C22H28N4O2. The van der Waals surface area contributed by atoms with E-state index < -0.39 is 0 Å². The van der Waals surface area contributed by atoms with Crippen LogP contribution in [0.2, 0.25) is 0 Å². The molecule has 1 amide bonds. The van der Waals surface area contributed by atoms with Crippen molar-refractivity contribution in [3.63, 3.8) is 0 Å². The first kappa shape index (κ1) is 21.4. The van der Waals surface area contributed by atoms with Crippen LogP contribution in [0.15, 0.2) is 36.5 Å². The molecule has 28 heavy (non-hydrogen) atoms. The molecule has 0 saturated heterocycles. The van der Waals surface area contributed by atoms with Crippen LogP contribution in [0.1, 0.15) is 37.6 Å². The maximum absolute atomic E-state index is 11.1. The normalized spacial score (nSPS) is 12.5. The first-order valence-electron chi connectivity index (χ1n) is 9.32. The molecule has 0 aliphatic heterocycles. The molecule has 6 heteroatoms. The summed E-state index contributed by atoms with van der Waals surface area (Å²) in [5.74, 6) is 6.84. The van der Waals surface area contributed by atoms with Crippen molar-refractivity contribution in [3.05, 3.63) is 53.3 Å². The molecule has 1 aromatic carbocycles. The summed E-state index contributed by atoms with van der Waals surface area (Å²) in [5, 5.41) is 2.89. The number of likely N-dealkylation sites (N-methyl/N-ethyl adjacent to an activating group) is 1. The van der Waals surface area contributed by atoms with Crippen molar-refractivity contribution < 1.29 is 9.53 Å². The van der Waals surface area contributed by atoms with Crippen molar-refractivity contribution in [2.75, 3.05) is 25.6 Å². The zero-order valence-electron chi connectivity index (χ0n) is 17.2. The summed E-state index contributed by atoms with van der Waals surface area (Å²) < 4.78 is 5.28. The van der Waals surface area contributed by atoms with E-state index in [0.717, 1.165) is 17.5 Å². The van der Waals surface area contributed by atoms with Gasteiger partial charge in [-0.15, -0.1) is 0 Å². The number of rotatable bonds is 7. The van der Waals surface area contributed by atoms with Gasteiger partial charge < -0.3 is 15.0 Å². The van der Waals surface area contributed by atoms with Gasteiger partial charge in [0.15, 0.2) is 0 Å². The molecule has 0 fully saturated rings. The van der Waals surface area contributed by atoms with Gasteiger partial charge in [-0.3, -0.25) is 4.79 Å². The fraction of sp³-hybridized carbons (Fsp3) is 0.409. The Labute approximate surface area is 167 Å². The van der Waals surface area contributed by atoms with Gasteiger partial charge in [-0.1, -0.05) is 18.1 Å². The topological polar surface area (TPSA) is 67.3 Å². The highest BCUT2D eigenvalue weighted by Gasteiger charge is 2.09. The lowest BCUT2D eigenvalue weighted by molar-refractivity contribution is -0.119. The Kier molecular flexibility index (Phi) is 7.97. The van der Waals surface area contributed by atoms with Crippen LogP contribution in [0.4, 0.5) is 5.95 Å². The highest BCUT2D eigenvalue weighted by Crippen LogP contribution is 2.08. The molecule has 1 heterocycles. The van der Waals surface area contributed by atoms with Gasteiger partial charge in [0.2, 0.25) is 11.9 Å². The molecule has 0 aliphatic rings. The molecule has 0 bridgehead atoms. The number of anilines is 1. The van der Waals surface area contributed by atoms with Gasteiger partial charge in [0, 0.05) is 45.4 Å². The van der Waals surface area contributed by atoms with E-state index in [9.17, 15) is 4.79 Å². The molecule has 2 atom stereocenters. The third-order valence-corrected chi connectivity index (χ3v) is 4.20. The van der Waals surface area contributed by atoms with E-state index in [1.165, 1.54) is 6.92 Å². The first-order chi connectivity index (χ1) is 13.4. The number of carbonyl (C=O) groups excluding carboxylic acids is 1. The molecule has 0 radical (unpaired) electrons. The smallest absolute Gasteiger partial charge is 0.226 e. The molecule has 1 N–H and O–H groups in total. The van der Waals surface area contributed by atoms with Crippen molar-refractivity contribution in [3.8, 4) is 11.8 Å². The molecule has 2 rings (SSSR count). The summed E-state index contributed by atoms with van der Waals surface area (Å²) in [6.07, 6.45) is 2.59. The van der Waals surface area contributed by atoms with Gasteiger partial charge in [0.1, 0.15) is 5.69 Å². The van der Waals surface area contributed by atoms with Gasteiger partial charge in [0.25, 0.3) is 0 Å². The van der Waals surface area contributed by atoms with E-state index in [0.29, 0.717) is 18.2 Å². The maximum atomic E-state index is 11.1. The van der Waals surface area contributed by atoms with Gasteiger partial charge in [-0.2, -0.15) is 0 Å². The Balaban J connectivity index is 2.03. The molecule has 2 aromatic rings. The zero-order chi connectivity index (χ0) is 20.5. The van der Waals surface area contributed by atoms with Crippen LogP contribution in [0.3, 0.4) is 0 Å². The summed E-state index contributed by atoms with van der Waals surface area (Å²) in [5.41, 5.74) is 2.74. The monoisotopic (exact) mass is 380 g/mol. The predicted molar refractivity (Wildman–Crippen MR) is 111 cm³/mol. The van der Waals surface area contributed by atoms with Crippen LogP contribution < -0.4 is 10.2 Å². The van der Waals surface area contributed by atoms with Gasteiger partial charge in [-0.25, -0.2) is 9.97 Å². The van der Waals surface area contributed by atoms with E-state index in [1.807, 2.05) is 50.1 Å². The van der Waals surface area contributed by atoms with Gasteiger partial charge in [-0.05, 0) is 50.0 Å². The number of hydrogen-bond donors (Lipinski definition) is 1. The van der Waals surface area contributed by atoms with Crippen LogP contribution in [0, 0.1) is 11.8 Å². The van der Waals surface area contributed by atoms with Crippen LogP contribution in [0.5, 0.6) is 0 Å². The number of ether oxygens (including phenoxy) is 1. The standard InChI is InChI=1S/C22H28N4O2/c1-16(24-18(3)27)14-20-8-6-19(7-9-20)10-11-21-12-13-23-22(25-21)26(4)15-17(2)28-5/h6-9,12-13,16-17H,14-15H2,1-5H3,(H,24,27). The molecule has 148 valence electrons. The van der Waals surface area contributed by atoms with Gasteiger partial charge in [0.05, 0.1) is 6.10 Å². The number of nitrogens with zero attached hydrogens (tertiary/aromatic N) is 3. The lowest BCUT2D eigenvalue weighted by Crippen LogP contribution is -2.31. The largest absolute Gasteiger partial charge is 0.380 e. The number of hydrogen-bond acceptors (Lipinski definition) is 5. The SMILES string of the molecule is COC(C)CN(C)c1nccc(C#Cc2ccc(CC(C)NC(C)=O)cc2)n1. The first-order valence-corrected chi connectivity index (χ1v) is 9.32. The van der Waals surface area contributed by atoms with Crippen LogP contribution >= 0.6 is 0 Å². The van der Waals surface area contributed by atoms with Crippen LogP contribution in [-0.2, 0) is 16.0 Å². The Hall–Kier alpha value is -2.91. The summed E-state index contributed by atoms with van der Waals surface area (Å²) in [6, 6.07) is 9.94. The average molecular weight is 380 g/mol.